The predicted molar refractivity (Wildman–Crippen MR) is 115 cm³/mol. The maximum absolute atomic E-state index is 12.8. The third-order valence-corrected chi connectivity index (χ3v) is 6.62. The summed E-state index contributed by atoms with van der Waals surface area (Å²) in [6.07, 6.45) is 3.62. The largest absolute Gasteiger partial charge is 0.368 e. The van der Waals surface area contributed by atoms with E-state index in [4.69, 9.17) is 0 Å². The van der Waals surface area contributed by atoms with Crippen molar-refractivity contribution in [2.45, 2.75) is 17.6 Å². The van der Waals surface area contributed by atoms with Crippen LogP contribution in [0.5, 0.6) is 0 Å². The van der Waals surface area contributed by atoms with Gasteiger partial charge in [-0.15, -0.1) is 23.1 Å². The summed E-state index contributed by atoms with van der Waals surface area (Å²) in [4.78, 5) is 26.8. The minimum Gasteiger partial charge on any atom is -0.368 e. The van der Waals surface area contributed by atoms with Gasteiger partial charge in [-0.1, -0.05) is 0 Å². The number of piperazine rings is 1. The molecule has 0 N–H and O–H groups in total. The summed E-state index contributed by atoms with van der Waals surface area (Å²) in [6, 6.07) is 12.0. The molecule has 144 valence electrons. The van der Waals surface area contributed by atoms with Crippen LogP contribution in [0.1, 0.15) is 21.1 Å². The average molecular weight is 411 g/mol. The summed E-state index contributed by atoms with van der Waals surface area (Å²) in [6.45, 7) is 5.19. The molecule has 3 heterocycles. The van der Waals surface area contributed by atoms with Crippen LogP contribution >= 0.6 is 23.1 Å². The number of thiazole rings is 1. The monoisotopic (exact) mass is 410 g/mol. The van der Waals surface area contributed by atoms with Crippen LogP contribution in [-0.2, 0) is 5.75 Å². The van der Waals surface area contributed by atoms with Crippen LogP contribution < -0.4 is 4.90 Å². The molecule has 7 heteroatoms. The van der Waals surface area contributed by atoms with Gasteiger partial charge in [0.05, 0.1) is 10.7 Å². The van der Waals surface area contributed by atoms with Gasteiger partial charge in [-0.05, 0) is 43.3 Å². The van der Waals surface area contributed by atoms with Gasteiger partial charge in [0.2, 0.25) is 0 Å². The smallest absolute Gasteiger partial charge is 0.253 e. The Labute approximate surface area is 173 Å². The van der Waals surface area contributed by atoms with Gasteiger partial charge in [-0.3, -0.25) is 9.78 Å². The van der Waals surface area contributed by atoms with E-state index >= 15 is 0 Å². The SMILES string of the molecule is Cc1nc(CSc2ccc(C(=O)N3CCN(c4ccncc4)CC3)cc2)cs1. The van der Waals surface area contributed by atoms with Gasteiger partial charge in [-0.25, -0.2) is 4.98 Å². The second-order valence-electron chi connectivity index (χ2n) is 6.66. The molecule has 4 rings (SSSR count). The van der Waals surface area contributed by atoms with E-state index in [1.54, 1.807) is 23.1 Å². The van der Waals surface area contributed by atoms with E-state index in [1.807, 2.05) is 60.6 Å². The van der Waals surface area contributed by atoms with Crippen molar-refractivity contribution < 1.29 is 4.79 Å². The Kier molecular flexibility index (Phi) is 5.92. The Bertz CT molecular complexity index is 919. The van der Waals surface area contributed by atoms with Crippen molar-refractivity contribution in [1.82, 2.24) is 14.9 Å². The highest BCUT2D eigenvalue weighted by molar-refractivity contribution is 7.98. The molecule has 1 aliphatic heterocycles. The first kappa shape index (κ1) is 19.0. The predicted octanol–water partition coefficient (Wildman–Crippen LogP) is 4.10. The van der Waals surface area contributed by atoms with Gasteiger partial charge in [0.25, 0.3) is 5.91 Å². The van der Waals surface area contributed by atoms with E-state index < -0.39 is 0 Å². The van der Waals surface area contributed by atoms with E-state index in [2.05, 4.69) is 20.2 Å². The minimum absolute atomic E-state index is 0.112. The molecule has 1 fully saturated rings. The fourth-order valence-corrected chi connectivity index (χ4v) is 4.74. The molecule has 1 amide bonds. The average Bonchev–Trinajstić information content (AvgIpc) is 3.18. The Morgan fingerprint density at radius 1 is 1.07 bits per heavy atom. The summed E-state index contributed by atoms with van der Waals surface area (Å²) >= 11 is 3.43. The molecule has 0 bridgehead atoms. The summed E-state index contributed by atoms with van der Waals surface area (Å²) in [7, 11) is 0. The lowest BCUT2D eigenvalue weighted by atomic mass is 10.2. The Morgan fingerprint density at radius 2 is 1.79 bits per heavy atom. The molecule has 0 saturated carbocycles. The van der Waals surface area contributed by atoms with Crippen LogP contribution in [0.2, 0.25) is 0 Å². The summed E-state index contributed by atoms with van der Waals surface area (Å²) in [5, 5.41) is 3.20. The molecule has 28 heavy (non-hydrogen) atoms. The highest BCUT2D eigenvalue weighted by atomic mass is 32.2. The number of hydrogen-bond acceptors (Lipinski definition) is 6. The highest BCUT2D eigenvalue weighted by Gasteiger charge is 2.22. The van der Waals surface area contributed by atoms with Crippen LogP contribution in [-0.4, -0.2) is 47.0 Å². The molecule has 0 radical (unpaired) electrons. The molecule has 1 aliphatic rings. The first-order valence-electron chi connectivity index (χ1n) is 9.27. The minimum atomic E-state index is 0.112. The lowest BCUT2D eigenvalue weighted by molar-refractivity contribution is 0.0746. The quantitative estimate of drug-likeness (QED) is 0.593. The van der Waals surface area contributed by atoms with Crippen LogP contribution in [0.4, 0.5) is 5.69 Å². The van der Waals surface area contributed by atoms with Crippen molar-refractivity contribution >= 4 is 34.7 Å². The summed E-state index contributed by atoms with van der Waals surface area (Å²) in [5.74, 6) is 0.968. The topological polar surface area (TPSA) is 49.3 Å². The number of nitrogens with zero attached hydrogens (tertiary/aromatic N) is 4. The highest BCUT2D eigenvalue weighted by Crippen LogP contribution is 2.24. The number of aromatic nitrogens is 2. The number of pyridine rings is 1. The lowest BCUT2D eigenvalue weighted by Crippen LogP contribution is -2.48. The molecule has 0 unspecified atom stereocenters. The van der Waals surface area contributed by atoms with Crippen LogP contribution in [0, 0.1) is 6.92 Å². The summed E-state index contributed by atoms with van der Waals surface area (Å²) < 4.78 is 0. The van der Waals surface area contributed by atoms with Crippen LogP contribution in [0.15, 0.2) is 59.1 Å². The molecule has 1 aromatic carbocycles. The molecular formula is C21H22N4OS2. The van der Waals surface area contributed by atoms with Gasteiger partial charge in [0.1, 0.15) is 0 Å². The number of carbonyl (C=O) groups excluding carboxylic acids is 1. The molecule has 5 nitrogen and oxygen atoms in total. The zero-order valence-corrected chi connectivity index (χ0v) is 17.4. The zero-order chi connectivity index (χ0) is 19.3. The number of aryl methyl sites for hydroxylation is 1. The Hall–Kier alpha value is -2.38. The van der Waals surface area contributed by atoms with Gasteiger partial charge >= 0.3 is 0 Å². The second-order valence-corrected chi connectivity index (χ2v) is 8.77. The van der Waals surface area contributed by atoms with Gasteiger partial charge in [0.15, 0.2) is 0 Å². The zero-order valence-electron chi connectivity index (χ0n) is 15.7. The van der Waals surface area contributed by atoms with Crippen LogP contribution in [0.3, 0.4) is 0 Å². The summed E-state index contributed by atoms with van der Waals surface area (Å²) in [5.41, 5.74) is 3.03. The fourth-order valence-electron chi connectivity index (χ4n) is 3.23. The van der Waals surface area contributed by atoms with E-state index in [9.17, 15) is 4.79 Å². The number of rotatable bonds is 5. The third kappa shape index (κ3) is 4.54. The molecule has 2 aromatic heterocycles. The van der Waals surface area contributed by atoms with E-state index in [0.29, 0.717) is 0 Å². The maximum atomic E-state index is 12.8. The second kappa shape index (κ2) is 8.75. The van der Waals surface area contributed by atoms with Gasteiger partial charge < -0.3 is 9.80 Å². The van der Waals surface area contributed by atoms with Crippen molar-refractivity contribution in [3.8, 4) is 0 Å². The van der Waals surface area contributed by atoms with Gasteiger partial charge in [0, 0.05) is 65.9 Å². The van der Waals surface area contributed by atoms with E-state index in [0.717, 1.165) is 53.1 Å². The first-order chi connectivity index (χ1) is 13.7. The molecule has 0 aliphatic carbocycles. The molecule has 1 saturated heterocycles. The van der Waals surface area contributed by atoms with Gasteiger partial charge in [-0.2, -0.15) is 0 Å². The van der Waals surface area contributed by atoms with E-state index in [1.165, 1.54) is 5.69 Å². The Balaban J connectivity index is 1.31. The van der Waals surface area contributed by atoms with E-state index in [-0.39, 0.29) is 5.91 Å². The molecule has 0 atom stereocenters. The Morgan fingerprint density at radius 3 is 2.43 bits per heavy atom. The lowest BCUT2D eigenvalue weighted by Gasteiger charge is -2.36. The molecule has 3 aromatic rings. The number of thioether (sulfide) groups is 1. The van der Waals surface area contributed by atoms with Crippen molar-refractivity contribution in [2.24, 2.45) is 0 Å². The third-order valence-electron chi connectivity index (χ3n) is 4.75. The standard InChI is InChI=1S/C21H22N4OS2/c1-16-23-18(14-27-16)15-28-20-4-2-17(3-5-20)21(26)25-12-10-24(11-13-25)19-6-8-22-9-7-19/h2-9,14H,10-13,15H2,1H3. The number of carbonyl (C=O) groups is 1. The van der Waals surface area contributed by atoms with Crippen molar-refractivity contribution in [2.75, 3.05) is 31.1 Å². The number of hydrogen-bond donors (Lipinski definition) is 0. The number of anilines is 1. The number of benzene rings is 1. The molecule has 0 spiro atoms. The van der Waals surface area contributed by atoms with Crippen molar-refractivity contribution in [3.05, 3.63) is 70.4 Å². The van der Waals surface area contributed by atoms with Crippen LogP contribution in [0.25, 0.3) is 0 Å². The van der Waals surface area contributed by atoms with Crippen molar-refractivity contribution in [3.63, 3.8) is 0 Å². The normalized spacial score (nSPS) is 14.3. The molecular weight excluding hydrogens is 388 g/mol. The van der Waals surface area contributed by atoms with Crippen molar-refractivity contribution in [1.29, 1.82) is 0 Å². The first-order valence-corrected chi connectivity index (χ1v) is 11.1. The maximum Gasteiger partial charge on any atom is 0.253 e. The fraction of sp³-hybridized carbons (Fsp3) is 0.286. The number of amides is 1.